The Morgan fingerprint density at radius 1 is 0.950 bits per heavy atom. The quantitative estimate of drug-likeness (QED) is 0.631. The van der Waals surface area contributed by atoms with Crippen LogP contribution in [-0.4, -0.2) is 5.11 Å². The van der Waals surface area contributed by atoms with E-state index in [0.29, 0.717) is 11.7 Å². The summed E-state index contributed by atoms with van der Waals surface area (Å²) in [5.74, 6) is 0.954. The van der Waals surface area contributed by atoms with Crippen LogP contribution in [0.25, 0.3) is 0 Å². The van der Waals surface area contributed by atoms with Gasteiger partial charge in [-0.25, -0.2) is 0 Å². The molecule has 0 aliphatic heterocycles. The van der Waals surface area contributed by atoms with E-state index in [1.807, 2.05) is 26.0 Å². The summed E-state index contributed by atoms with van der Waals surface area (Å²) in [6, 6.07) is 0. The summed E-state index contributed by atoms with van der Waals surface area (Å²) in [5, 5.41) is 10.2. The van der Waals surface area contributed by atoms with Crippen molar-refractivity contribution in [2.45, 2.75) is 48.5 Å². The third-order valence-corrected chi connectivity index (χ3v) is 4.42. The molecule has 2 atom stereocenters. The number of hydrogen-bond acceptors (Lipinski definition) is 1. The van der Waals surface area contributed by atoms with E-state index in [1.54, 1.807) is 0 Å². The minimum absolute atomic E-state index is 0.0126. The van der Waals surface area contributed by atoms with Crippen LogP contribution in [0.15, 0.2) is 57.9 Å². The summed E-state index contributed by atoms with van der Waals surface area (Å²) in [6.45, 7) is 14.8. The highest BCUT2D eigenvalue weighted by atomic mass is 16.3. The van der Waals surface area contributed by atoms with Crippen LogP contribution >= 0.6 is 0 Å². The SMILES string of the molecule is CC.CC1=CC=C(O)C(C2=C(C)C(C)C(C)=C2C)C=C1. The molecule has 2 rings (SSSR count). The molecular formula is C19H28O. The highest BCUT2D eigenvalue weighted by Gasteiger charge is 2.29. The highest BCUT2D eigenvalue weighted by molar-refractivity contribution is 5.52. The molecule has 20 heavy (non-hydrogen) atoms. The summed E-state index contributed by atoms with van der Waals surface area (Å²) in [5.41, 5.74) is 6.63. The molecule has 0 bridgehead atoms. The van der Waals surface area contributed by atoms with Gasteiger partial charge in [-0.3, -0.25) is 0 Å². The minimum atomic E-state index is 0.0126. The normalized spacial score (nSPS) is 25.9. The van der Waals surface area contributed by atoms with Crippen LogP contribution in [0.2, 0.25) is 0 Å². The maximum Gasteiger partial charge on any atom is 0.103 e. The maximum atomic E-state index is 10.2. The highest BCUT2D eigenvalue weighted by Crippen LogP contribution is 2.42. The van der Waals surface area contributed by atoms with E-state index < -0.39 is 0 Å². The Labute approximate surface area is 124 Å². The van der Waals surface area contributed by atoms with Crippen molar-refractivity contribution in [1.82, 2.24) is 0 Å². The van der Waals surface area contributed by atoms with Gasteiger partial charge in [0.05, 0.1) is 5.92 Å². The van der Waals surface area contributed by atoms with Crippen LogP contribution in [0.4, 0.5) is 0 Å². The topological polar surface area (TPSA) is 20.2 Å². The monoisotopic (exact) mass is 272 g/mol. The Morgan fingerprint density at radius 2 is 1.55 bits per heavy atom. The molecule has 0 amide bonds. The fourth-order valence-corrected chi connectivity index (χ4v) is 2.84. The molecule has 0 radical (unpaired) electrons. The molecule has 0 aromatic heterocycles. The first-order valence-corrected chi connectivity index (χ1v) is 7.57. The van der Waals surface area contributed by atoms with Gasteiger partial charge in [0, 0.05) is 0 Å². The number of aliphatic hydroxyl groups excluding tert-OH is 1. The molecule has 2 aliphatic rings. The molecule has 2 aliphatic carbocycles. The lowest BCUT2D eigenvalue weighted by atomic mass is 9.89. The summed E-state index contributed by atoms with van der Waals surface area (Å²) in [6.07, 6.45) is 7.99. The van der Waals surface area contributed by atoms with E-state index in [1.165, 1.54) is 27.9 Å². The fourth-order valence-electron chi connectivity index (χ4n) is 2.84. The largest absolute Gasteiger partial charge is 0.511 e. The number of aliphatic hydroxyl groups is 1. The smallest absolute Gasteiger partial charge is 0.103 e. The second-order valence-corrected chi connectivity index (χ2v) is 5.47. The Kier molecular flexibility index (Phi) is 5.62. The van der Waals surface area contributed by atoms with Crippen LogP contribution in [0.5, 0.6) is 0 Å². The summed E-state index contributed by atoms with van der Waals surface area (Å²) < 4.78 is 0. The molecule has 0 saturated carbocycles. The average Bonchev–Trinajstić information content (AvgIpc) is 2.60. The zero-order valence-electron chi connectivity index (χ0n) is 13.9. The predicted molar refractivity (Wildman–Crippen MR) is 88.7 cm³/mol. The predicted octanol–water partition coefficient (Wildman–Crippen LogP) is 5.89. The maximum absolute atomic E-state index is 10.2. The molecule has 0 saturated heterocycles. The van der Waals surface area contributed by atoms with E-state index >= 15 is 0 Å². The molecule has 2 unspecified atom stereocenters. The van der Waals surface area contributed by atoms with E-state index in [9.17, 15) is 5.11 Å². The molecule has 0 aromatic rings. The third-order valence-electron chi connectivity index (χ3n) is 4.42. The van der Waals surface area contributed by atoms with Gasteiger partial charge in [0.1, 0.15) is 5.76 Å². The molecule has 0 fully saturated rings. The molecular weight excluding hydrogens is 244 g/mol. The summed E-state index contributed by atoms with van der Waals surface area (Å²) in [7, 11) is 0. The number of hydrogen-bond donors (Lipinski definition) is 1. The lowest BCUT2D eigenvalue weighted by Crippen LogP contribution is -2.06. The minimum Gasteiger partial charge on any atom is -0.511 e. The van der Waals surface area contributed by atoms with Gasteiger partial charge in [0.25, 0.3) is 0 Å². The van der Waals surface area contributed by atoms with Crippen LogP contribution in [0.1, 0.15) is 48.5 Å². The number of rotatable bonds is 1. The van der Waals surface area contributed by atoms with Crippen molar-refractivity contribution in [2.24, 2.45) is 11.8 Å². The van der Waals surface area contributed by atoms with Crippen LogP contribution in [0.3, 0.4) is 0 Å². The zero-order valence-corrected chi connectivity index (χ0v) is 13.9. The molecule has 1 nitrogen and oxygen atoms in total. The van der Waals surface area contributed by atoms with Crippen molar-refractivity contribution in [2.75, 3.05) is 0 Å². The Morgan fingerprint density at radius 3 is 2.05 bits per heavy atom. The van der Waals surface area contributed by atoms with Gasteiger partial charge in [-0.05, 0) is 50.8 Å². The summed E-state index contributed by atoms with van der Waals surface area (Å²) in [4.78, 5) is 0. The molecule has 110 valence electrons. The second kappa shape index (κ2) is 6.78. The van der Waals surface area contributed by atoms with E-state index in [4.69, 9.17) is 0 Å². The van der Waals surface area contributed by atoms with Gasteiger partial charge in [-0.15, -0.1) is 0 Å². The van der Waals surface area contributed by atoms with Gasteiger partial charge < -0.3 is 5.11 Å². The molecule has 0 aromatic carbocycles. The van der Waals surface area contributed by atoms with Crippen molar-refractivity contribution < 1.29 is 5.11 Å². The molecule has 0 spiro atoms. The van der Waals surface area contributed by atoms with Crippen LogP contribution in [-0.2, 0) is 0 Å². The third kappa shape index (κ3) is 2.98. The van der Waals surface area contributed by atoms with E-state index in [2.05, 4.69) is 46.8 Å². The first-order valence-electron chi connectivity index (χ1n) is 7.57. The van der Waals surface area contributed by atoms with E-state index in [0.717, 1.165) is 0 Å². The van der Waals surface area contributed by atoms with Crippen molar-refractivity contribution in [1.29, 1.82) is 0 Å². The first-order chi connectivity index (χ1) is 9.43. The van der Waals surface area contributed by atoms with Gasteiger partial charge in [0.15, 0.2) is 0 Å². The van der Waals surface area contributed by atoms with Crippen molar-refractivity contribution in [3.63, 3.8) is 0 Å². The van der Waals surface area contributed by atoms with Gasteiger partial charge in [0.2, 0.25) is 0 Å². The van der Waals surface area contributed by atoms with Gasteiger partial charge in [-0.2, -0.15) is 0 Å². The van der Waals surface area contributed by atoms with Crippen molar-refractivity contribution in [3.8, 4) is 0 Å². The molecule has 1 heteroatoms. The Hall–Kier alpha value is -1.50. The van der Waals surface area contributed by atoms with Crippen molar-refractivity contribution >= 4 is 0 Å². The summed E-state index contributed by atoms with van der Waals surface area (Å²) >= 11 is 0. The standard InChI is InChI=1S/C17H22O.C2H6/c1-10-6-8-15(16(18)9-7-10)17-13(4)11(2)12(3)14(17)5;1-2/h6-9,11,15,18H,1-5H3;1-2H3. The van der Waals surface area contributed by atoms with Crippen LogP contribution in [0, 0.1) is 11.8 Å². The van der Waals surface area contributed by atoms with Gasteiger partial charge >= 0.3 is 0 Å². The van der Waals surface area contributed by atoms with Gasteiger partial charge in [-0.1, -0.05) is 55.7 Å². The molecule has 1 N–H and O–H groups in total. The molecule has 0 heterocycles. The average molecular weight is 272 g/mol. The Bertz CT molecular complexity index is 524. The lowest BCUT2D eigenvalue weighted by Gasteiger charge is -2.17. The Balaban J connectivity index is 0.000000956. The first kappa shape index (κ1) is 16.6. The second-order valence-electron chi connectivity index (χ2n) is 5.47. The van der Waals surface area contributed by atoms with Crippen molar-refractivity contribution in [3.05, 3.63) is 57.9 Å². The fraction of sp³-hybridized carbons (Fsp3) is 0.474. The number of allylic oxidation sites excluding steroid dienone is 8. The van der Waals surface area contributed by atoms with Crippen LogP contribution < -0.4 is 0 Å². The lowest BCUT2D eigenvalue weighted by molar-refractivity contribution is 0.372. The van der Waals surface area contributed by atoms with E-state index in [-0.39, 0.29) is 5.92 Å². The zero-order chi connectivity index (χ0) is 15.4.